The van der Waals surface area contributed by atoms with Gasteiger partial charge < -0.3 is 10.1 Å². The zero-order chi connectivity index (χ0) is 18.4. The van der Waals surface area contributed by atoms with Gasteiger partial charge in [0, 0.05) is 11.1 Å². The molecule has 0 fully saturated rings. The minimum absolute atomic E-state index is 0.260. The van der Waals surface area contributed by atoms with Crippen molar-refractivity contribution in [2.24, 2.45) is 0 Å². The summed E-state index contributed by atoms with van der Waals surface area (Å²) in [6, 6.07) is 14.1. The van der Waals surface area contributed by atoms with Crippen LogP contribution in [0.2, 0.25) is 0 Å². The van der Waals surface area contributed by atoms with Gasteiger partial charge in [-0.05, 0) is 44.5 Å². The topological polar surface area (TPSA) is 72.5 Å². The van der Waals surface area contributed by atoms with Gasteiger partial charge >= 0.3 is 5.97 Å². The molecule has 0 aromatic heterocycles. The molecule has 2 aromatic rings. The molecule has 2 aromatic carbocycles. The Morgan fingerprint density at radius 1 is 1.04 bits per heavy atom. The summed E-state index contributed by atoms with van der Waals surface area (Å²) in [6.45, 7) is 4.96. The van der Waals surface area contributed by atoms with Crippen molar-refractivity contribution in [2.45, 2.75) is 26.9 Å². The Morgan fingerprint density at radius 3 is 2.40 bits per heavy atom. The third-order valence-electron chi connectivity index (χ3n) is 3.77. The number of carbonyl (C=O) groups is 3. The standard InChI is InChI=1S/C20H21NO4/c1-13-9-10-14(2)17(11-13)19(23)15(3)25-18(22)12-21-20(24)16-7-5-4-6-8-16/h4-11,15H,12H2,1-3H3,(H,21,24)/t15-/m0/s1. The predicted molar refractivity (Wildman–Crippen MR) is 94.6 cm³/mol. The highest BCUT2D eigenvalue weighted by molar-refractivity contribution is 6.01. The Morgan fingerprint density at radius 2 is 1.72 bits per heavy atom. The number of ketones is 1. The zero-order valence-electron chi connectivity index (χ0n) is 14.5. The first-order valence-electron chi connectivity index (χ1n) is 8.02. The summed E-state index contributed by atoms with van der Waals surface area (Å²) in [7, 11) is 0. The van der Waals surface area contributed by atoms with Crippen LogP contribution >= 0.6 is 0 Å². The third kappa shape index (κ3) is 5.01. The number of carbonyl (C=O) groups excluding carboxylic acids is 3. The van der Waals surface area contributed by atoms with Crippen LogP contribution in [0.4, 0.5) is 0 Å². The molecule has 1 N–H and O–H groups in total. The monoisotopic (exact) mass is 339 g/mol. The molecule has 0 aliphatic carbocycles. The molecule has 0 aliphatic heterocycles. The van der Waals surface area contributed by atoms with Crippen molar-refractivity contribution in [3.63, 3.8) is 0 Å². The van der Waals surface area contributed by atoms with Crippen molar-refractivity contribution in [1.82, 2.24) is 5.32 Å². The summed E-state index contributed by atoms with van der Waals surface area (Å²) >= 11 is 0. The molecular formula is C20H21NO4. The van der Waals surface area contributed by atoms with Crippen molar-refractivity contribution in [1.29, 1.82) is 0 Å². The number of aryl methyl sites for hydroxylation is 2. The van der Waals surface area contributed by atoms with E-state index in [0.29, 0.717) is 11.1 Å². The highest BCUT2D eigenvalue weighted by atomic mass is 16.5. The van der Waals surface area contributed by atoms with Crippen LogP contribution in [-0.2, 0) is 9.53 Å². The second kappa shape index (κ2) is 8.24. The molecule has 0 saturated carbocycles. The van der Waals surface area contributed by atoms with Gasteiger partial charge in [-0.2, -0.15) is 0 Å². The number of benzene rings is 2. The number of amides is 1. The molecule has 5 heteroatoms. The molecule has 25 heavy (non-hydrogen) atoms. The molecule has 0 bridgehead atoms. The first kappa shape index (κ1) is 18.4. The van der Waals surface area contributed by atoms with E-state index in [1.807, 2.05) is 26.0 Å². The van der Waals surface area contributed by atoms with Crippen LogP contribution < -0.4 is 5.32 Å². The van der Waals surface area contributed by atoms with Crippen LogP contribution in [0.3, 0.4) is 0 Å². The fourth-order valence-corrected chi connectivity index (χ4v) is 2.36. The Kier molecular flexibility index (Phi) is 6.06. The van der Waals surface area contributed by atoms with E-state index in [9.17, 15) is 14.4 Å². The van der Waals surface area contributed by atoms with E-state index in [2.05, 4.69) is 5.32 Å². The van der Waals surface area contributed by atoms with Gasteiger partial charge in [-0.1, -0.05) is 35.9 Å². The Bertz CT molecular complexity index is 784. The lowest BCUT2D eigenvalue weighted by Gasteiger charge is -2.14. The second-order valence-electron chi connectivity index (χ2n) is 5.86. The lowest BCUT2D eigenvalue weighted by Crippen LogP contribution is -2.34. The minimum Gasteiger partial charge on any atom is -0.453 e. The lowest BCUT2D eigenvalue weighted by molar-refractivity contribution is -0.145. The molecule has 0 spiro atoms. The van der Waals surface area contributed by atoms with Crippen molar-refractivity contribution in [3.8, 4) is 0 Å². The highest BCUT2D eigenvalue weighted by Gasteiger charge is 2.21. The fraction of sp³-hybridized carbons (Fsp3) is 0.250. The fourth-order valence-electron chi connectivity index (χ4n) is 2.36. The van der Waals surface area contributed by atoms with E-state index in [0.717, 1.165) is 11.1 Å². The van der Waals surface area contributed by atoms with E-state index in [-0.39, 0.29) is 18.2 Å². The molecule has 1 amide bonds. The maximum Gasteiger partial charge on any atom is 0.326 e. The SMILES string of the molecule is Cc1ccc(C)c(C(=O)[C@H](C)OC(=O)CNC(=O)c2ccccc2)c1. The predicted octanol–water partition coefficient (Wildman–Crippen LogP) is 2.85. The van der Waals surface area contributed by atoms with Gasteiger partial charge in [0.15, 0.2) is 6.10 Å². The average molecular weight is 339 g/mol. The van der Waals surface area contributed by atoms with Crippen molar-refractivity contribution < 1.29 is 19.1 Å². The molecular weight excluding hydrogens is 318 g/mol. The van der Waals surface area contributed by atoms with Crippen LogP contribution in [-0.4, -0.2) is 30.3 Å². The van der Waals surface area contributed by atoms with Gasteiger partial charge in [-0.3, -0.25) is 14.4 Å². The van der Waals surface area contributed by atoms with E-state index in [1.165, 1.54) is 6.92 Å². The van der Waals surface area contributed by atoms with E-state index < -0.39 is 12.1 Å². The molecule has 0 heterocycles. The molecule has 0 aliphatic rings. The number of ether oxygens (including phenoxy) is 1. The van der Waals surface area contributed by atoms with Gasteiger partial charge in [0.2, 0.25) is 5.78 Å². The van der Waals surface area contributed by atoms with Crippen LogP contribution in [0.25, 0.3) is 0 Å². The van der Waals surface area contributed by atoms with Crippen LogP contribution in [0, 0.1) is 13.8 Å². The molecule has 0 radical (unpaired) electrons. The van der Waals surface area contributed by atoms with Crippen LogP contribution in [0.5, 0.6) is 0 Å². The summed E-state index contributed by atoms with van der Waals surface area (Å²) in [4.78, 5) is 36.2. The van der Waals surface area contributed by atoms with Crippen LogP contribution in [0.1, 0.15) is 38.8 Å². The van der Waals surface area contributed by atoms with Gasteiger partial charge in [0.25, 0.3) is 5.91 Å². The summed E-state index contributed by atoms with van der Waals surface area (Å²) < 4.78 is 5.14. The Hall–Kier alpha value is -2.95. The van der Waals surface area contributed by atoms with E-state index in [1.54, 1.807) is 36.4 Å². The maximum atomic E-state index is 12.4. The van der Waals surface area contributed by atoms with Gasteiger partial charge in [0.05, 0.1) is 0 Å². The molecule has 0 unspecified atom stereocenters. The van der Waals surface area contributed by atoms with E-state index >= 15 is 0 Å². The average Bonchev–Trinajstić information content (AvgIpc) is 2.61. The van der Waals surface area contributed by atoms with Crippen molar-refractivity contribution in [3.05, 3.63) is 70.8 Å². The highest BCUT2D eigenvalue weighted by Crippen LogP contribution is 2.14. The number of hydrogen-bond donors (Lipinski definition) is 1. The largest absolute Gasteiger partial charge is 0.453 e. The molecule has 2 rings (SSSR count). The van der Waals surface area contributed by atoms with Gasteiger partial charge in [-0.25, -0.2) is 0 Å². The summed E-state index contributed by atoms with van der Waals surface area (Å²) in [6.07, 6.45) is -0.915. The summed E-state index contributed by atoms with van der Waals surface area (Å²) in [5.74, 6) is -1.29. The normalized spacial score (nSPS) is 11.5. The van der Waals surface area contributed by atoms with Crippen molar-refractivity contribution >= 4 is 17.7 Å². The molecule has 0 saturated heterocycles. The molecule has 5 nitrogen and oxygen atoms in total. The third-order valence-corrected chi connectivity index (χ3v) is 3.77. The quantitative estimate of drug-likeness (QED) is 0.649. The van der Waals surface area contributed by atoms with Gasteiger partial charge in [0.1, 0.15) is 6.54 Å². The smallest absolute Gasteiger partial charge is 0.326 e. The Balaban J connectivity index is 1.90. The number of nitrogens with one attached hydrogen (secondary N) is 1. The molecule has 1 atom stereocenters. The number of hydrogen-bond acceptors (Lipinski definition) is 4. The lowest BCUT2D eigenvalue weighted by atomic mass is 9.99. The number of rotatable bonds is 6. The van der Waals surface area contributed by atoms with Gasteiger partial charge in [-0.15, -0.1) is 0 Å². The summed E-state index contributed by atoms with van der Waals surface area (Å²) in [5, 5.41) is 2.48. The van der Waals surface area contributed by atoms with E-state index in [4.69, 9.17) is 4.74 Å². The summed E-state index contributed by atoms with van der Waals surface area (Å²) in [5.41, 5.74) is 2.78. The Labute approximate surface area is 147 Å². The maximum absolute atomic E-state index is 12.4. The number of Topliss-reactive ketones (excluding diaryl/α,β-unsaturated/α-hetero) is 1. The second-order valence-corrected chi connectivity index (χ2v) is 5.86. The number of esters is 1. The van der Waals surface area contributed by atoms with Crippen molar-refractivity contribution in [2.75, 3.05) is 6.54 Å². The first-order chi connectivity index (χ1) is 11.9. The van der Waals surface area contributed by atoms with Crippen LogP contribution in [0.15, 0.2) is 48.5 Å². The zero-order valence-corrected chi connectivity index (χ0v) is 14.5. The minimum atomic E-state index is -0.915. The first-order valence-corrected chi connectivity index (χ1v) is 8.02. The molecule has 130 valence electrons.